The molecule has 0 saturated carbocycles. The average Bonchev–Trinajstić information content (AvgIpc) is 3.22. The van der Waals surface area contributed by atoms with Gasteiger partial charge in [-0.25, -0.2) is 9.07 Å². The second kappa shape index (κ2) is 9.57. The van der Waals surface area contributed by atoms with E-state index >= 15 is 0 Å². The summed E-state index contributed by atoms with van der Waals surface area (Å²) in [7, 11) is 0. The number of halogens is 4. The summed E-state index contributed by atoms with van der Waals surface area (Å²) >= 11 is 0. The highest BCUT2D eigenvalue weighted by Gasteiger charge is 2.30. The number of aromatic nitrogens is 3. The van der Waals surface area contributed by atoms with Crippen LogP contribution >= 0.6 is 0 Å². The number of ether oxygens (including phenoxy) is 1. The smallest absolute Gasteiger partial charge is 0.416 e. The van der Waals surface area contributed by atoms with Crippen molar-refractivity contribution in [2.24, 2.45) is 0 Å². The lowest BCUT2D eigenvalue weighted by atomic mass is 10.1. The highest BCUT2D eigenvalue weighted by Crippen LogP contribution is 2.29. The van der Waals surface area contributed by atoms with Gasteiger partial charge in [0.25, 0.3) is 5.91 Å². The van der Waals surface area contributed by atoms with E-state index in [1.807, 2.05) is 13.8 Å². The first-order chi connectivity index (χ1) is 16.6. The summed E-state index contributed by atoms with van der Waals surface area (Å²) < 4.78 is 58.9. The summed E-state index contributed by atoms with van der Waals surface area (Å²) in [5.41, 5.74) is 0.746. The highest BCUT2D eigenvalue weighted by molar-refractivity contribution is 6.04. The third kappa shape index (κ3) is 5.65. The predicted molar refractivity (Wildman–Crippen MR) is 122 cm³/mol. The number of alkyl halides is 3. The van der Waals surface area contributed by atoms with Gasteiger partial charge in [-0.2, -0.15) is 18.2 Å². The van der Waals surface area contributed by atoms with Crippen molar-refractivity contribution in [1.82, 2.24) is 14.8 Å². The molecule has 180 valence electrons. The fourth-order valence-corrected chi connectivity index (χ4v) is 3.25. The Bertz CT molecular complexity index is 1330. The second-order valence-corrected chi connectivity index (χ2v) is 7.88. The quantitative estimate of drug-likeness (QED) is 0.334. The van der Waals surface area contributed by atoms with Gasteiger partial charge in [-0.15, -0.1) is 5.10 Å². The summed E-state index contributed by atoms with van der Waals surface area (Å²) in [6.07, 6.45) is -4.66. The molecular weight excluding hydrogens is 464 g/mol. The van der Waals surface area contributed by atoms with Gasteiger partial charge >= 0.3 is 12.2 Å². The zero-order valence-electron chi connectivity index (χ0n) is 18.7. The highest BCUT2D eigenvalue weighted by atomic mass is 19.4. The Labute approximate surface area is 198 Å². The minimum atomic E-state index is -4.48. The molecule has 0 fully saturated rings. The molecule has 4 aromatic rings. The van der Waals surface area contributed by atoms with Gasteiger partial charge in [-0.3, -0.25) is 4.79 Å². The van der Waals surface area contributed by atoms with Gasteiger partial charge in [0.1, 0.15) is 5.82 Å². The molecule has 6 nitrogen and oxygen atoms in total. The molecule has 0 bridgehead atoms. The van der Waals surface area contributed by atoms with Gasteiger partial charge in [-0.05, 0) is 80.6 Å². The minimum absolute atomic E-state index is 0.0729. The van der Waals surface area contributed by atoms with Crippen LogP contribution in [0.15, 0.2) is 72.8 Å². The van der Waals surface area contributed by atoms with Crippen LogP contribution in [-0.2, 0) is 6.18 Å². The summed E-state index contributed by atoms with van der Waals surface area (Å²) in [4.78, 5) is 17.0. The number of rotatable bonds is 6. The molecule has 1 heterocycles. The summed E-state index contributed by atoms with van der Waals surface area (Å²) in [5.74, 6) is -0.574. The summed E-state index contributed by atoms with van der Waals surface area (Å²) in [6.45, 7) is 3.66. The van der Waals surface area contributed by atoms with E-state index in [4.69, 9.17) is 4.74 Å². The number of hydrogen-bond acceptors (Lipinski definition) is 4. The summed E-state index contributed by atoms with van der Waals surface area (Å²) in [6, 6.07) is 16.5. The Hall–Kier alpha value is -4.21. The first-order valence-corrected chi connectivity index (χ1v) is 10.6. The normalized spacial score (nSPS) is 11.5. The first kappa shape index (κ1) is 23.9. The molecule has 0 radical (unpaired) electrons. The van der Waals surface area contributed by atoms with Crippen molar-refractivity contribution in [1.29, 1.82) is 0 Å². The van der Waals surface area contributed by atoms with Crippen LogP contribution < -0.4 is 10.1 Å². The summed E-state index contributed by atoms with van der Waals surface area (Å²) in [5, 5.41) is 7.07. The number of carbonyl (C=O) groups excluding carboxylic acids is 1. The zero-order chi connectivity index (χ0) is 25.2. The van der Waals surface area contributed by atoms with Crippen LogP contribution in [-0.4, -0.2) is 26.8 Å². The van der Waals surface area contributed by atoms with Gasteiger partial charge in [-0.1, -0.05) is 6.07 Å². The Morgan fingerprint density at radius 2 is 1.69 bits per heavy atom. The second-order valence-electron chi connectivity index (χ2n) is 7.88. The van der Waals surface area contributed by atoms with Crippen molar-refractivity contribution in [3.05, 3.63) is 89.7 Å². The molecule has 0 saturated heterocycles. The van der Waals surface area contributed by atoms with E-state index in [9.17, 15) is 22.4 Å². The van der Waals surface area contributed by atoms with Crippen LogP contribution in [0.2, 0.25) is 0 Å². The third-order valence-electron chi connectivity index (χ3n) is 4.85. The van der Waals surface area contributed by atoms with Crippen LogP contribution in [0, 0.1) is 5.82 Å². The topological polar surface area (TPSA) is 69.0 Å². The van der Waals surface area contributed by atoms with Crippen molar-refractivity contribution in [3.63, 3.8) is 0 Å². The molecule has 3 aromatic carbocycles. The number of nitrogens with zero attached hydrogens (tertiary/aromatic N) is 3. The monoisotopic (exact) mass is 484 g/mol. The van der Waals surface area contributed by atoms with Crippen LogP contribution in [0.25, 0.3) is 17.1 Å². The van der Waals surface area contributed by atoms with Crippen molar-refractivity contribution in [2.45, 2.75) is 26.1 Å². The van der Waals surface area contributed by atoms with E-state index in [1.54, 1.807) is 36.4 Å². The molecule has 1 aromatic heterocycles. The Morgan fingerprint density at radius 1 is 1.00 bits per heavy atom. The molecule has 1 N–H and O–H groups in total. The lowest BCUT2D eigenvalue weighted by Gasteiger charge is -2.10. The molecule has 10 heteroatoms. The Morgan fingerprint density at radius 3 is 2.31 bits per heavy atom. The Balaban J connectivity index is 1.63. The molecule has 4 rings (SSSR count). The van der Waals surface area contributed by atoms with Gasteiger partial charge in [0.2, 0.25) is 0 Å². The Kier molecular flexibility index (Phi) is 6.54. The number of benzene rings is 3. The van der Waals surface area contributed by atoms with Crippen molar-refractivity contribution in [2.75, 3.05) is 5.32 Å². The molecule has 35 heavy (non-hydrogen) atoms. The van der Waals surface area contributed by atoms with Crippen molar-refractivity contribution >= 4 is 11.6 Å². The van der Waals surface area contributed by atoms with Crippen LogP contribution in [0.5, 0.6) is 6.01 Å². The molecule has 0 unspecified atom stereocenters. The fraction of sp³-hybridized carbons (Fsp3) is 0.160. The largest absolute Gasteiger partial charge is 0.460 e. The minimum Gasteiger partial charge on any atom is -0.460 e. The maximum Gasteiger partial charge on any atom is 0.416 e. The van der Waals surface area contributed by atoms with Crippen molar-refractivity contribution in [3.8, 4) is 23.1 Å². The average molecular weight is 484 g/mol. The maximum absolute atomic E-state index is 13.4. The lowest BCUT2D eigenvalue weighted by Crippen LogP contribution is -2.13. The van der Waals surface area contributed by atoms with E-state index in [-0.39, 0.29) is 17.7 Å². The number of carbonyl (C=O) groups is 1. The van der Waals surface area contributed by atoms with Gasteiger partial charge < -0.3 is 10.1 Å². The number of amides is 1. The van der Waals surface area contributed by atoms with E-state index in [2.05, 4.69) is 15.4 Å². The van der Waals surface area contributed by atoms with Crippen LogP contribution in [0.3, 0.4) is 0 Å². The number of hydrogen-bond donors (Lipinski definition) is 1. The molecule has 0 spiro atoms. The van der Waals surface area contributed by atoms with Gasteiger partial charge in [0, 0.05) is 16.8 Å². The molecule has 1 amide bonds. The SMILES string of the molecule is CC(C)Oc1nc(-c2ccc(F)cc2)n(-c2cccc(NC(=O)c3ccc(C(F)(F)F)cc3)c2)n1. The standard InChI is InChI=1S/C25H20F4N4O2/c1-15(2)35-24-31-22(16-8-12-19(26)13-9-16)33(32-24)21-5-3-4-20(14-21)30-23(34)17-6-10-18(11-7-17)25(27,28)29/h3-15H,1-2H3,(H,30,34). The number of anilines is 1. The molecular formula is C25H20F4N4O2. The molecule has 0 aliphatic rings. The maximum atomic E-state index is 13.4. The first-order valence-electron chi connectivity index (χ1n) is 10.6. The van der Waals surface area contributed by atoms with Crippen LogP contribution in [0.4, 0.5) is 23.2 Å². The van der Waals surface area contributed by atoms with E-state index < -0.39 is 23.5 Å². The van der Waals surface area contributed by atoms with Crippen LogP contribution in [0.1, 0.15) is 29.8 Å². The van der Waals surface area contributed by atoms with Crippen molar-refractivity contribution < 1.29 is 27.1 Å². The molecule has 0 aliphatic heterocycles. The van der Waals surface area contributed by atoms with E-state index in [1.165, 1.54) is 16.8 Å². The number of nitrogens with one attached hydrogen (secondary N) is 1. The lowest BCUT2D eigenvalue weighted by molar-refractivity contribution is -0.137. The molecule has 0 atom stereocenters. The van der Waals surface area contributed by atoms with E-state index in [0.717, 1.165) is 24.3 Å². The van der Waals surface area contributed by atoms with Gasteiger partial charge in [0.05, 0.1) is 17.4 Å². The fourth-order valence-electron chi connectivity index (χ4n) is 3.25. The third-order valence-corrected chi connectivity index (χ3v) is 4.85. The van der Waals surface area contributed by atoms with E-state index in [0.29, 0.717) is 22.8 Å². The van der Waals surface area contributed by atoms with Gasteiger partial charge in [0.15, 0.2) is 5.82 Å². The zero-order valence-corrected chi connectivity index (χ0v) is 18.7. The predicted octanol–water partition coefficient (Wildman–Crippen LogP) is 6.13. The molecule has 0 aliphatic carbocycles.